The maximum atomic E-state index is 12.4. The lowest BCUT2D eigenvalue weighted by molar-refractivity contribution is -0.141. The lowest BCUT2D eigenvalue weighted by atomic mass is 9.90. The number of carbonyl (C=O) groups is 3. The number of nitrogens with zero attached hydrogens (tertiary/aromatic N) is 2. The Morgan fingerprint density at radius 1 is 1.00 bits per heavy atom. The van der Waals surface area contributed by atoms with E-state index < -0.39 is 17.9 Å². The standard InChI is InChI=1S/C17H16N2O3/c1-18-16(21)13-11-7-8-12(20)15(14(13)17(18)22)19(11)9-10-5-3-2-4-6-10/h2-8,11,13-15H,9H2,1H3/t11-,13?,14?,15+/m0/s1. The van der Waals surface area contributed by atoms with Crippen LogP contribution in [0.5, 0.6) is 0 Å². The van der Waals surface area contributed by atoms with Gasteiger partial charge >= 0.3 is 0 Å². The third-order valence-corrected chi connectivity index (χ3v) is 5.02. The van der Waals surface area contributed by atoms with E-state index >= 15 is 0 Å². The van der Waals surface area contributed by atoms with E-state index in [4.69, 9.17) is 0 Å². The zero-order valence-electron chi connectivity index (χ0n) is 12.2. The Kier molecular flexibility index (Phi) is 2.81. The second-order valence-electron chi connectivity index (χ2n) is 6.14. The van der Waals surface area contributed by atoms with Crippen molar-refractivity contribution < 1.29 is 14.4 Å². The Balaban J connectivity index is 1.73. The van der Waals surface area contributed by atoms with E-state index in [9.17, 15) is 14.4 Å². The van der Waals surface area contributed by atoms with Gasteiger partial charge in [-0.25, -0.2) is 0 Å². The normalized spacial score (nSPS) is 33.7. The summed E-state index contributed by atoms with van der Waals surface area (Å²) in [6, 6.07) is 9.14. The van der Waals surface area contributed by atoms with E-state index in [0.717, 1.165) is 5.56 Å². The fourth-order valence-corrected chi connectivity index (χ4v) is 4.01. The first-order valence-corrected chi connectivity index (χ1v) is 7.43. The molecule has 1 aromatic rings. The van der Waals surface area contributed by atoms with Gasteiger partial charge in [-0.05, 0) is 11.6 Å². The molecule has 0 radical (unpaired) electrons. The topological polar surface area (TPSA) is 57.7 Å². The molecular formula is C17H16N2O3. The summed E-state index contributed by atoms with van der Waals surface area (Å²) in [7, 11) is 1.51. The molecule has 0 aliphatic carbocycles. The van der Waals surface area contributed by atoms with Crippen LogP contribution in [0.3, 0.4) is 0 Å². The summed E-state index contributed by atoms with van der Waals surface area (Å²) in [5.41, 5.74) is 1.08. The van der Waals surface area contributed by atoms with Gasteiger partial charge in [0.1, 0.15) is 0 Å². The summed E-state index contributed by atoms with van der Waals surface area (Å²) in [4.78, 5) is 40.3. The van der Waals surface area contributed by atoms with Crippen molar-refractivity contribution in [2.75, 3.05) is 7.05 Å². The van der Waals surface area contributed by atoms with Gasteiger partial charge in [0.25, 0.3) is 0 Å². The Hall–Kier alpha value is -2.27. The summed E-state index contributed by atoms with van der Waals surface area (Å²) in [5.74, 6) is -1.42. The molecular weight excluding hydrogens is 280 g/mol. The summed E-state index contributed by atoms with van der Waals surface area (Å²) >= 11 is 0. The Morgan fingerprint density at radius 3 is 2.41 bits per heavy atom. The molecule has 4 rings (SSSR count). The predicted octanol–water partition coefficient (Wildman–Crippen LogP) is 0.609. The second-order valence-corrected chi connectivity index (χ2v) is 6.14. The van der Waals surface area contributed by atoms with E-state index in [0.29, 0.717) is 6.54 Å². The minimum absolute atomic E-state index is 0.0730. The van der Waals surface area contributed by atoms with Gasteiger partial charge in [-0.15, -0.1) is 0 Å². The van der Waals surface area contributed by atoms with Crippen LogP contribution in [0.25, 0.3) is 0 Å². The minimum Gasteiger partial charge on any atom is -0.293 e. The van der Waals surface area contributed by atoms with Crippen molar-refractivity contribution in [2.45, 2.75) is 18.6 Å². The summed E-state index contributed by atoms with van der Waals surface area (Å²) in [6.45, 7) is 0.573. The molecule has 5 nitrogen and oxygen atoms in total. The quantitative estimate of drug-likeness (QED) is 0.750. The van der Waals surface area contributed by atoms with E-state index in [1.54, 1.807) is 6.08 Å². The van der Waals surface area contributed by atoms with Gasteiger partial charge in [-0.1, -0.05) is 36.4 Å². The molecule has 0 spiro atoms. The number of likely N-dealkylation sites (tertiary alicyclic amines) is 1. The molecule has 2 unspecified atom stereocenters. The fraction of sp³-hybridized carbons (Fsp3) is 0.353. The maximum absolute atomic E-state index is 12.4. The summed E-state index contributed by atoms with van der Waals surface area (Å²) in [5, 5.41) is 0. The average molecular weight is 296 g/mol. The van der Waals surface area contributed by atoms with Crippen LogP contribution in [0.4, 0.5) is 0 Å². The van der Waals surface area contributed by atoms with Crippen molar-refractivity contribution in [3.63, 3.8) is 0 Å². The number of ketones is 1. The highest BCUT2D eigenvalue weighted by atomic mass is 16.2. The zero-order chi connectivity index (χ0) is 15.4. The summed E-state index contributed by atoms with van der Waals surface area (Å²) < 4.78 is 0. The second kappa shape index (κ2) is 4.61. The molecule has 4 atom stereocenters. The molecule has 112 valence electrons. The van der Waals surface area contributed by atoms with Gasteiger partial charge in [0.15, 0.2) is 5.78 Å². The lowest BCUT2D eigenvalue weighted by Crippen LogP contribution is -2.48. The van der Waals surface area contributed by atoms with Crippen LogP contribution in [0.1, 0.15) is 5.56 Å². The third kappa shape index (κ3) is 1.66. The van der Waals surface area contributed by atoms with Crippen molar-refractivity contribution in [3.05, 3.63) is 48.0 Å². The molecule has 5 heteroatoms. The zero-order valence-corrected chi connectivity index (χ0v) is 12.2. The maximum Gasteiger partial charge on any atom is 0.234 e. The monoisotopic (exact) mass is 296 g/mol. The first kappa shape index (κ1) is 13.4. The van der Waals surface area contributed by atoms with E-state index in [1.165, 1.54) is 18.0 Å². The van der Waals surface area contributed by atoms with Crippen LogP contribution in [0.15, 0.2) is 42.5 Å². The van der Waals surface area contributed by atoms with Crippen molar-refractivity contribution in [1.82, 2.24) is 9.80 Å². The molecule has 0 aromatic heterocycles. The molecule has 2 amide bonds. The largest absolute Gasteiger partial charge is 0.293 e. The first-order valence-electron chi connectivity index (χ1n) is 7.43. The van der Waals surface area contributed by atoms with Gasteiger partial charge < -0.3 is 0 Å². The van der Waals surface area contributed by atoms with Gasteiger partial charge in [0.05, 0.1) is 17.9 Å². The van der Waals surface area contributed by atoms with Crippen molar-refractivity contribution >= 4 is 17.6 Å². The first-order chi connectivity index (χ1) is 10.6. The Labute approximate surface area is 128 Å². The number of benzene rings is 1. The molecule has 2 fully saturated rings. The Bertz CT molecular complexity index is 697. The van der Waals surface area contributed by atoms with E-state index in [1.807, 2.05) is 35.2 Å². The Morgan fingerprint density at radius 2 is 1.68 bits per heavy atom. The van der Waals surface area contributed by atoms with Crippen molar-refractivity contribution in [2.24, 2.45) is 11.8 Å². The van der Waals surface area contributed by atoms with Gasteiger partial charge in [0.2, 0.25) is 11.8 Å². The van der Waals surface area contributed by atoms with E-state index in [2.05, 4.69) is 0 Å². The number of rotatable bonds is 2. The van der Waals surface area contributed by atoms with Crippen LogP contribution in [-0.2, 0) is 20.9 Å². The van der Waals surface area contributed by atoms with Gasteiger partial charge in [0, 0.05) is 19.6 Å². The van der Waals surface area contributed by atoms with Crippen LogP contribution in [0.2, 0.25) is 0 Å². The van der Waals surface area contributed by atoms with Gasteiger partial charge in [-0.2, -0.15) is 0 Å². The predicted molar refractivity (Wildman–Crippen MR) is 78.5 cm³/mol. The minimum atomic E-state index is -0.534. The van der Waals surface area contributed by atoms with Crippen LogP contribution in [-0.4, -0.2) is 46.5 Å². The molecule has 3 heterocycles. The molecule has 3 aliphatic heterocycles. The highest BCUT2D eigenvalue weighted by Gasteiger charge is 2.63. The van der Waals surface area contributed by atoms with E-state index in [-0.39, 0.29) is 23.6 Å². The smallest absolute Gasteiger partial charge is 0.234 e. The average Bonchev–Trinajstić information content (AvgIpc) is 2.88. The summed E-state index contributed by atoms with van der Waals surface area (Å²) in [6.07, 6.45) is 3.33. The van der Waals surface area contributed by atoms with Crippen LogP contribution >= 0.6 is 0 Å². The number of carbonyl (C=O) groups excluding carboxylic acids is 3. The molecule has 1 aromatic carbocycles. The highest BCUT2D eigenvalue weighted by Crippen LogP contribution is 2.45. The van der Waals surface area contributed by atoms with Crippen molar-refractivity contribution in [3.8, 4) is 0 Å². The molecule has 3 aliphatic rings. The molecule has 2 bridgehead atoms. The number of hydrogen-bond donors (Lipinski definition) is 0. The van der Waals surface area contributed by atoms with Crippen molar-refractivity contribution in [1.29, 1.82) is 0 Å². The fourth-order valence-electron chi connectivity index (χ4n) is 4.01. The van der Waals surface area contributed by atoms with Gasteiger partial charge in [-0.3, -0.25) is 24.2 Å². The number of fused-ring (bicyclic) bond motifs is 5. The number of hydrogen-bond acceptors (Lipinski definition) is 4. The molecule has 0 saturated carbocycles. The highest BCUT2D eigenvalue weighted by molar-refractivity contribution is 6.11. The number of amides is 2. The molecule has 2 saturated heterocycles. The van der Waals surface area contributed by atoms with Crippen LogP contribution in [0, 0.1) is 11.8 Å². The third-order valence-electron chi connectivity index (χ3n) is 5.02. The number of imide groups is 1. The molecule has 22 heavy (non-hydrogen) atoms. The van der Waals surface area contributed by atoms with Crippen LogP contribution < -0.4 is 0 Å². The lowest BCUT2D eigenvalue weighted by Gasteiger charge is -2.32. The SMILES string of the molecule is CN1C(=O)C2C(C1=O)[C@@H]1C=CC(=O)[C@H]2N1Cc1ccccc1. The molecule has 0 N–H and O–H groups in total.